The van der Waals surface area contributed by atoms with Gasteiger partial charge < -0.3 is 14.9 Å². The van der Waals surface area contributed by atoms with Crippen LogP contribution in [0.2, 0.25) is 0 Å². The summed E-state index contributed by atoms with van der Waals surface area (Å²) in [4.78, 5) is 11.2. The molecule has 0 fully saturated rings. The van der Waals surface area contributed by atoms with Gasteiger partial charge in [0.15, 0.2) is 0 Å². The Balaban J connectivity index is 2.22. The van der Waals surface area contributed by atoms with Gasteiger partial charge in [-0.25, -0.2) is 0 Å². The van der Waals surface area contributed by atoms with Crippen molar-refractivity contribution in [2.75, 3.05) is 12.4 Å². The van der Waals surface area contributed by atoms with E-state index in [0.29, 0.717) is 29.9 Å². The molecule has 1 aromatic rings. The predicted molar refractivity (Wildman–Crippen MR) is 59.8 cm³/mol. The smallest absolute Gasteiger partial charge is 0.323 e. The highest BCUT2D eigenvalue weighted by molar-refractivity contribution is 7.98. The van der Waals surface area contributed by atoms with Crippen molar-refractivity contribution >= 4 is 17.7 Å². The molecule has 0 bridgehead atoms. The average molecular weight is 245 g/mol. The van der Waals surface area contributed by atoms with Crippen LogP contribution < -0.4 is 5.73 Å². The van der Waals surface area contributed by atoms with Crippen LogP contribution >= 0.6 is 11.8 Å². The number of nitrogens with two attached hydrogens (primary N) is 1. The molecule has 6 nitrogen and oxygen atoms in total. The van der Waals surface area contributed by atoms with Gasteiger partial charge in [0, 0.05) is 12.7 Å². The zero-order chi connectivity index (χ0) is 12.0. The summed E-state index contributed by atoms with van der Waals surface area (Å²) in [7, 11) is 0. The minimum absolute atomic E-state index is 0.347. The lowest BCUT2D eigenvalue weighted by Crippen LogP contribution is -2.34. The average Bonchev–Trinajstić information content (AvgIpc) is 2.64. The number of carbonyl (C=O) groups is 1. The molecule has 0 radical (unpaired) electrons. The number of esters is 1. The second-order valence-electron chi connectivity index (χ2n) is 3.09. The summed E-state index contributed by atoms with van der Waals surface area (Å²) < 4.78 is 9.96. The number of carbonyl (C=O) groups excluding carboxylic acids is 1. The largest absolute Gasteiger partial charge is 0.465 e. The normalized spacial score (nSPS) is 12.4. The van der Waals surface area contributed by atoms with Crippen LogP contribution in [0.15, 0.2) is 4.42 Å². The Hall–Kier alpha value is -1.08. The first-order valence-electron chi connectivity index (χ1n) is 4.92. The monoisotopic (exact) mass is 245 g/mol. The molecule has 1 aromatic heterocycles. The fourth-order valence-corrected chi connectivity index (χ4v) is 1.79. The number of aryl methyl sites for hydroxylation is 1. The third-order valence-corrected chi connectivity index (χ3v) is 2.73. The maximum absolute atomic E-state index is 11.2. The summed E-state index contributed by atoms with van der Waals surface area (Å²) in [5, 5.41) is 7.53. The van der Waals surface area contributed by atoms with Crippen molar-refractivity contribution in [1.29, 1.82) is 0 Å². The van der Waals surface area contributed by atoms with Crippen molar-refractivity contribution in [3.8, 4) is 0 Å². The predicted octanol–water partition coefficient (Wildman–Crippen LogP) is 0.502. The molecule has 16 heavy (non-hydrogen) atoms. The van der Waals surface area contributed by atoms with E-state index in [2.05, 4.69) is 10.2 Å². The van der Waals surface area contributed by atoms with E-state index in [9.17, 15) is 4.79 Å². The van der Waals surface area contributed by atoms with E-state index in [1.54, 1.807) is 13.8 Å². The summed E-state index contributed by atoms with van der Waals surface area (Å²) in [6, 6.07) is -0.603. The van der Waals surface area contributed by atoms with E-state index >= 15 is 0 Å². The van der Waals surface area contributed by atoms with Gasteiger partial charge in [-0.1, -0.05) is 0 Å². The molecule has 1 rings (SSSR count). The first-order valence-corrected chi connectivity index (χ1v) is 6.08. The van der Waals surface area contributed by atoms with E-state index in [1.165, 1.54) is 11.8 Å². The first kappa shape index (κ1) is 13.0. The highest BCUT2D eigenvalue weighted by Crippen LogP contribution is 2.11. The van der Waals surface area contributed by atoms with Crippen LogP contribution in [0.5, 0.6) is 0 Å². The lowest BCUT2D eigenvalue weighted by Gasteiger charge is -2.08. The summed E-state index contributed by atoms with van der Waals surface area (Å²) in [5.74, 6) is 1.72. The number of aromatic nitrogens is 2. The van der Waals surface area contributed by atoms with E-state index in [1.807, 2.05) is 0 Å². The zero-order valence-electron chi connectivity index (χ0n) is 9.30. The van der Waals surface area contributed by atoms with E-state index in [-0.39, 0.29) is 5.97 Å². The molecular weight excluding hydrogens is 230 g/mol. The molecule has 1 unspecified atom stereocenters. The van der Waals surface area contributed by atoms with Gasteiger partial charge in [0.2, 0.25) is 11.8 Å². The van der Waals surface area contributed by atoms with Crippen molar-refractivity contribution in [3.63, 3.8) is 0 Å². The van der Waals surface area contributed by atoms with Crippen LogP contribution in [-0.4, -0.2) is 34.6 Å². The van der Waals surface area contributed by atoms with Crippen molar-refractivity contribution in [1.82, 2.24) is 10.2 Å². The summed E-state index contributed by atoms with van der Waals surface area (Å²) >= 11 is 1.46. The van der Waals surface area contributed by atoms with Gasteiger partial charge in [-0.05, 0) is 6.92 Å². The first-order chi connectivity index (χ1) is 7.63. The molecule has 7 heteroatoms. The van der Waals surface area contributed by atoms with Crippen LogP contribution in [0, 0.1) is 6.92 Å². The topological polar surface area (TPSA) is 91.2 Å². The molecule has 0 aliphatic heterocycles. The highest BCUT2D eigenvalue weighted by Gasteiger charge is 2.14. The number of hydrogen-bond donors (Lipinski definition) is 1. The molecule has 90 valence electrons. The second-order valence-corrected chi connectivity index (χ2v) is 4.12. The Morgan fingerprint density at radius 1 is 1.62 bits per heavy atom. The van der Waals surface area contributed by atoms with Crippen molar-refractivity contribution in [2.45, 2.75) is 25.6 Å². The Bertz CT molecular complexity index is 342. The Morgan fingerprint density at radius 2 is 2.38 bits per heavy atom. The minimum atomic E-state index is -0.603. The Labute approximate surface area is 97.9 Å². The van der Waals surface area contributed by atoms with Crippen molar-refractivity contribution in [3.05, 3.63) is 11.8 Å². The molecule has 0 amide bonds. The van der Waals surface area contributed by atoms with Crippen molar-refractivity contribution in [2.24, 2.45) is 5.73 Å². The van der Waals surface area contributed by atoms with Gasteiger partial charge in [-0.15, -0.1) is 22.0 Å². The van der Waals surface area contributed by atoms with E-state index in [4.69, 9.17) is 14.9 Å². The zero-order valence-corrected chi connectivity index (χ0v) is 10.1. The van der Waals surface area contributed by atoms with Gasteiger partial charge in [-0.3, -0.25) is 4.79 Å². The highest BCUT2D eigenvalue weighted by atomic mass is 32.2. The van der Waals surface area contributed by atoms with Crippen LogP contribution in [0.3, 0.4) is 0 Å². The van der Waals surface area contributed by atoms with Crippen molar-refractivity contribution < 1.29 is 13.9 Å². The van der Waals surface area contributed by atoms with Gasteiger partial charge in [-0.2, -0.15) is 0 Å². The summed E-state index contributed by atoms with van der Waals surface area (Å²) in [5.41, 5.74) is 5.61. The van der Waals surface area contributed by atoms with Gasteiger partial charge in [0.1, 0.15) is 6.04 Å². The maximum atomic E-state index is 11.2. The molecule has 0 saturated heterocycles. The SMILES string of the molecule is CCOC(=O)C(N)CSCc1nnc(C)o1. The second kappa shape index (κ2) is 6.49. The van der Waals surface area contributed by atoms with Gasteiger partial charge in [0.05, 0.1) is 12.4 Å². The van der Waals surface area contributed by atoms with E-state index < -0.39 is 6.04 Å². The fraction of sp³-hybridized carbons (Fsp3) is 0.667. The standard InChI is InChI=1S/C9H15N3O3S/c1-3-14-9(13)7(10)4-16-5-8-12-11-6(2)15-8/h7H,3-5,10H2,1-2H3. The third-order valence-electron chi connectivity index (χ3n) is 1.68. The lowest BCUT2D eigenvalue weighted by molar-refractivity contribution is -0.144. The molecule has 1 heterocycles. The number of ether oxygens (including phenoxy) is 1. The molecule has 0 spiro atoms. The Morgan fingerprint density at radius 3 is 2.94 bits per heavy atom. The molecule has 1 atom stereocenters. The molecule has 0 aromatic carbocycles. The fourth-order valence-electron chi connectivity index (χ4n) is 0.986. The quantitative estimate of drug-likeness (QED) is 0.730. The molecule has 0 aliphatic rings. The van der Waals surface area contributed by atoms with E-state index in [0.717, 1.165) is 0 Å². The third kappa shape index (κ3) is 4.19. The molecule has 2 N–H and O–H groups in total. The maximum Gasteiger partial charge on any atom is 0.323 e. The van der Waals surface area contributed by atoms with Crippen LogP contribution in [-0.2, 0) is 15.3 Å². The number of rotatable bonds is 6. The number of hydrogen-bond acceptors (Lipinski definition) is 7. The Kier molecular flexibility index (Phi) is 5.27. The molecular formula is C9H15N3O3S. The number of thioether (sulfide) groups is 1. The van der Waals surface area contributed by atoms with Crippen LogP contribution in [0.4, 0.5) is 0 Å². The lowest BCUT2D eigenvalue weighted by atomic mass is 10.4. The van der Waals surface area contributed by atoms with Crippen LogP contribution in [0.1, 0.15) is 18.7 Å². The van der Waals surface area contributed by atoms with Crippen LogP contribution in [0.25, 0.3) is 0 Å². The number of nitrogens with zero attached hydrogens (tertiary/aromatic N) is 2. The molecule has 0 aliphatic carbocycles. The summed E-state index contributed by atoms with van der Waals surface area (Å²) in [6.07, 6.45) is 0. The summed E-state index contributed by atoms with van der Waals surface area (Å²) in [6.45, 7) is 3.82. The van der Waals surface area contributed by atoms with Gasteiger partial charge in [0.25, 0.3) is 0 Å². The van der Waals surface area contributed by atoms with Gasteiger partial charge >= 0.3 is 5.97 Å². The minimum Gasteiger partial charge on any atom is -0.465 e. The molecule has 0 saturated carbocycles.